The highest BCUT2D eigenvalue weighted by atomic mass is 19.2. The first kappa shape index (κ1) is 15.1. The Morgan fingerprint density at radius 1 is 1.22 bits per heavy atom. The fourth-order valence-electron chi connectivity index (χ4n) is 1.98. The van der Waals surface area contributed by atoms with Crippen molar-refractivity contribution in [3.05, 3.63) is 35.4 Å². The molecule has 0 saturated heterocycles. The maximum absolute atomic E-state index is 13.5. The molecular weight excluding hydrogens is 236 g/mol. The molecule has 4 heteroatoms. The largest absolute Gasteiger partial charge is 0.388 e. The third-order valence-corrected chi connectivity index (χ3v) is 3.05. The van der Waals surface area contributed by atoms with Crippen molar-refractivity contribution in [2.75, 3.05) is 19.6 Å². The second-order valence-electron chi connectivity index (χ2n) is 4.38. The molecule has 1 atom stereocenters. The minimum absolute atomic E-state index is 0.0440. The zero-order valence-corrected chi connectivity index (χ0v) is 11.0. The van der Waals surface area contributed by atoms with Crippen molar-refractivity contribution < 1.29 is 13.9 Å². The van der Waals surface area contributed by atoms with E-state index in [1.807, 2.05) is 6.92 Å². The molecule has 1 unspecified atom stereocenters. The van der Waals surface area contributed by atoms with E-state index in [-0.39, 0.29) is 5.56 Å². The first-order chi connectivity index (χ1) is 8.60. The van der Waals surface area contributed by atoms with Gasteiger partial charge in [-0.15, -0.1) is 0 Å². The fraction of sp³-hybridized carbons (Fsp3) is 0.571. The molecule has 0 spiro atoms. The molecule has 1 rings (SSSR count). The summed E-state index contributed by atoms with van der Waals surface area (Å²) in [6.07, 6.45) is 0.499. The van der Waals surface area contributed by atoms with Gasteiger partial charge < -0.3 is 10.0 Å². The summed E-state index contributed by atoms with van der Waals surface area (Å²) < 4.78 is 26.5. The zero-order chi connectivity index (χ0) is 13.5. The van der Waals surface area contributed by atoms with Crippen LogP contribution in [0.1, 0.15) is 38.4 Å². The molecule has 1 aromatic rings. The van der Waals surface area contributed by atoms with Crippen LogP contribution in [0.4, 0.5) is 8.78 Å². The van der Waals surface area contributed by atoms with Gasteiger partial charge in [0.1, 0.15) is 0 Å². The van der Waals surface area contributed by atoms with Gasteiger partial charge in [-0.3, -0.25) is 0 Å². The summed E-state index contributed by atoms with van der Waals surface area (Å²) in [5.41, 5.74) is 0.0440. The van der Waals surface area contributed by atoms with Crippen LogP contribution in [0.15, 0.2) is 18.2 Å². The molecule has 2 nitrogen and oxygen atoms in total. The van der Waals surface area contributed by atoms with E-state index in [1.165, 1.54) is 12.1 Å². The SMILES string of the molecule is CCCN(CC)CCC(O)c1cccc(F)c1F. The standard InChI is InChI=1S/C14H21F2NO/c1-3-9-17(4-2)10-8-13(18)11-6-5-7-12(15)14(11)16/h5-7,13,18H,3-4,8-10H2,1-2H3. The van der Waals surface area contributed by atoms with E-state index in [1.54, 1.807) is 0 Å². The molecule has 0 bridgehead atoms. The number of benzene rings is 1. The van der Waals surface area contributed by atoms with Crippen LogP contribution in [-0.2, 0) is 0 Å². The molecule has 1 aromatic carbocycles. The third kappa shape index (κ3) is 4.03. The molecule has 0 aliphatic rings. The van der Waals surface area contributed by atoms with Gasteiger partial charge in [-0.25, -0.2) is 8.78 Å². The predicted octanol–water partition coefficient (Wildman–Crippen LogP) is 3.12. The number of aliphatic hydroxyl groups excluding tert-OH is 1. The van der Waals surface area contributed by atoms with Gasteiger partial charge in [-0.05, 0) is 32.0 Å². The van der Waals surface area contributed by atoms with Crippen molar-refractivity contribution in [1.82, 2.24) is 4.90 Å². The van der Waals surface area contributed by atoms with Gasteiger partial charge in [0.25, 0.3) is 0 Å². The minimum atomic E-state index is -0.952. The highest BCUT2D eigenvalue weighted by Crippen LogP contribution is 2.22. The smallest absolute Gasteiger partial charge is 0.164 e. The summed E-state index contributed by atoms with van der Waals surface area (Å²) in [6, 6.07) is 3.90. The Morgan fingerprint density at radius 2 is 1.94 bits per heavy atom. The summed E-state index contributed by atoms with van der Waals surface area (Å²) in [6.45, 7) is 6.67. The number of hydrogen-bond acceptors (Lipinski definition) is 2. The zero-order valence-electron chi connectivity index (χ0n) is 11.0. The molecule has 0 radical (unpaired) electrons. The summed E-state index contributed by atoms with van der Waals surface area (Å²) in [4.78, 5) is 2.18. The Kier molecular flexibility index (Phi) is 6.22. The topological polar surface area (TPSA) is 23.5 Å². The first-order valence-corrected chi connectivity index (χ1v) is 6.44. The van der Waals surface area contributed by atoms with E-state index < -0.39 is 17.7 Å². The number of hydrogen-bond donors (Lipinski definition) is 1. The van der Waals surface area contributed by atoms with Crippen LogP contribution in [-0.4, -0.2) is 29.6 Å². The van der Waals surface area contributed by atoms with Gasteiger partial charge in [0.05, 0.1) is 6.10 Å². The Balaban J connectivity index is 2.59. The lowest BCUT2D eigenvalue weighted by atomic mass is 10.1. The Morgan fingerprint density at radius 3 is 2.56 bits per heavy atom. The van der Waals surface area contributed by atoms with Crippen molar-refractivity contribution in [2.24, 2.45) is 0 Å². The molecular formula is C14H21F2NO. The molecule has 18 heavy (non-hydrogen) atoms. The minimum Gasteiger partial charge on any atom is -0.388 e. The second-order valence-corrected chi connectivity index (χ2v) is 4.38. The Bertz CT molecular complexity index is 371. The lowest BCUT2D eigenvalue weighted by Gasteiger charge is -2.21. The first-order valence-electron chi connectivity index (χ1n) is 6.44. The van der Waals surface area contributed by atoms with E-state index in [4.69, 9.17) is 0 Å². The van der Waals surface area contributed by atoms with Crippen LogP contribution >= 0.6 is 0 Å². The maximum Gasteiger partial charge on any atom is 0.164 e. The summed E-state index contributed by atoms with van der Waals surface area (Å²) >= 11 is 0. The summed E-state index contributed by atoms with van der Waals surface area (Å²) in [7, 11) is 0. The van der Waals surface area contributed by atoms with Crippen molar-refractivity contribution in [3.63, 3.8) is 0 Å². The van der Waals surface area contributed by atoms with E-state index in [2.05, 4.69) is 11.8 Å². The molecule has 0 aliphatic carbocycles. The van der Waals surface area contributed by atoms with Crippen molar-refractivity contribution in [2.45, 2.75) is 32.8 Å². The number of rotatable bonds is 7. The van der Waals surface area contributed by atoms with E-state index in [0.29, 0.717) is 13.0 Å². The van der Waals surface area contributed by atoms with Crippen LogP contribution < -0.4 is 0 Å². The van der Waals surface area contributed by atoms with Gasteiger partial charge in [0.15, 0.2) is 11.6 Å². The van der Waals surface area contributed by atoms with Crippen molar-refractivity contribution in [1.29, 1.82) is 0 Å². The molecule has 0 aromatic heterocycles. The van der Waals surface area contributed by atoms with E-state index in [0.717, 1.165) is 25.6 Å². The number of nitrogens with zero attached hydrogens (tertiary/aromatic N) is 1. The van der Waals surface area contributed by atoms with Crippen LogP contribution in [0.5, 0.6) is 0 Å². The summed E-state index contributed by atoms with van der Waals surface area (Å²) in [5.74, 6) is -1.85. The molecule has 0 amide bonds. The fourth-order valence-corrected chi connectivity index (χ4v) is 1.98. The van der Waals surface area contributed by atoms with Crippen LogP contribution in [0, 0.1) is 11.6 Å². The van der Waals surface area contributed by atoms with E-state index in [9.17, 15) is 13.9 Å². The van der Waals surface area contributed by atoms with Crippen molar-refractivity contribution in [3.8, 4) is 0 Å². The maximum atomic E-state index is 13.5. The van der Waals surface area contributed by atoms with Gasteiger partial charge in [0.2, 0.25) is 0 Å². The van der Waals surface area contributed by atoms with E-state index >= 15 is 0 Å². The lowest BCUT2D eigenvalue weighted by molar-refractivity contribution is 0.139. The van der Waals surface area contributed by atoms with Crippen LogP contribution in [0.25, 0.3) is 0 Å². The molecule has 1 N–H and O–H groups in total. The number of halogens is 2. The van der Waals surface area contributed by atoms with Crippen molar-refractivity contribution >= 4 is 0 Å². The Labute approximate surface area is 107 Å². The molecule has 0 aliphatic heterocycles. The Hall–Kier alpha value is -1.00. The van der Waals surface area contributed by atoms with Crippen LogP contribution in [0.3, 0.4) is 0 Å². The molecule has 102 valence electrons. The summed E-state index contributed by atoms with van der Waals surface area (Å²) in [5, 5.41) is 9.91. The van der Waals surface area contributed by atoms with Crippen LogP contribution in [0.2, 0.25) is 0 Å². The molecule has 0 fully saturated rings. The second kappa shape index (κ2) is 7.44. The van der Waals surface area contributed by atoms with Gasteiger partial charge >= 0.3 is 0 Å². The highest BCUT2D eigenvalue weighted by molar-refractivity contribution is 5.21. The average Bonchev–Trinajstić information content (AvgIpc) is 2.37. The van der Waals surface area contributed by atoms with Gasteiger partial charge in [0, 0.05) is 12.1 Å². The van der Waals surface area contributed by atoms with Gasteiger partial charge in [-0.1, -0.05) is 26.0 Å². The molecule has 0 heterocycles. The predicted molar refractivity (Wildman–Crippen MR) is 68.3 cm³/mol. The third-order valence-electron chi connectivity index (χ3n) is 3.05. The average molecular weight is 257 g/mol. The quantitative estimate of drug-likeness (QED) is 0.811. The number of aliphatic hydroxyl groups is 1. The lowest BCUT2D eigenvalue weighted by Crippen LogP contribution is -2.26. The monoisotopic (exact) mass is 257 g/mol. The highest BCUT2D eigenvalue weighted by Gasteiger charge is 2.16. The van der Waals surface area contributed by atoms with Gasteiger partial charge in [-0.2, -0.15) is 0 Å². The normalized spacial score (nSPS) is 13.0. The molecule has 0 saturated carbocycles.